The second-order valence-electron chi connectivity index (χ2n) is 3.47. The average molecular weight is 368 g/mol. The van der Waals surface area contributed by atoms with Crippen LogP contribution in [0, 0.1) is 0 Å². The van der Waals surface area contributed by atoms with Crippen LogP contribution in [-0.2, 0) is 16.0 Å². The number of ether oxygens (including phenoxy) is 2. The SMILES string of the molecule is CNCCOCCOCCn1cc(C(=O)I)nn1. The van der Waals surface area contributed by atoms with Crippen molar-refractivity contribution in [2.45, 2.75) is 6.54 Å². The van der Waals surface area contributed by atoms with Crippen LogP contribution >= 0.6 is 22.6 Å². The summed E-state index contributed by atoms with van der Waals surface area (Å²) in [6.45, 7) is 3.75. The lowest BCUT2D eigenvalue weighted by molar-refractivity contribution is 0.0453. The molecule has 1 N–H and O–H groups in total. The first kappa shape index (κ1) is 15.5. The Balaban J connectivity index is 2.02. The smallest absolute Gasteiger partial charge is 0.244 e. The van der Waals surface area contributed by atoms with E-state index < -0.39 is 0 Å². The lowest BCUT2D eigenvalue weighted by atomic mass is 10.5. The molecule has 0 saturated heterocycles. The highest BCUT2D eigenvalue weighted by Gasteiger charge is 2.05. The summed E-state index contributed by atoms with van der Waals surface area (Å²) in [6.07, 6.45) is 1.61. The molecule has 0 radical (unpaired) electrons. The van der Waals surface area contributed by atoms with Crippen molar-refractivity contribution in [2.75, 3.05) is 40.0 Å². The topological polar surface area (TPSA) is 78.3 Å². The van der Waals surface area contributed by atoms with Crippen molar-refractivity contribution in [2.24, 2.45) is 0 Å². The molecular weight excluding hydrogens is 351 g/mol. The highest BCUT2D eigenvalue weighted by Crippen LogP contribution is 2.00. The quantitative estimate of drug-likeness (QED) is 0.359. The summed E-state index contributed by atoms with van der Waals surface area (Å²) in [7, 11) is 1.88. The Morgan fingerprint density at radius 3 is 2.72 bits per heavy atom. The van der Waals surface area contributed by atoms with Crippen molar-refractivity contribution in [3.63, 3.8) is 0 Å². The van der Waals surface area contributed by atoms with Crippen molar-refractivity contribution in [1.82, 2.24) is 20.3 Å². The monoisotopic (exact) mass is 368 g/mol. The molecule has 7 nitrogen and oxygen atoms in total. The number of carbonyl (C=O) groups excluding carboxylic acids is 1. The summed E-state index contributed by atoms with van der Waals surface area (Å²) in [5.74, 6) is 0. The molecule has 0 aliphatic carbocycles. The lowest BCUT2D eigenvalue weighted by Crippen LogP contribution is -2.16. The Morgan fingerprint density at radius 1 is 1.39 bits per heavy atom. The lowest BCUT2D eigenvalue weighted by Gasteiger charge is -2.05. The number of rotatable bonds is 10. The molecule has 1 aromatic rings. The maximum atomic E-state index is 11.0. The fourth-order valence-corrected chi connectivity index (χ4v) is 1.40. The van der Waals surface area contributed by atoms with Crippen molar-refractivity contribution in [1.29, 1.82) is 0 Å². The van der Waals surface area contributed by atoms with Crippen LogP contribution < -0.4 is 5.32 Å². The first-order chi connectivity index (χ1) is 8.74. The van der Waals surface area contributed by atoms with Crippen LogP contribution in [0.2, 0.25) is 0 Å². The third kappa shape index (κ3) is 6.38. The molecule has 102 valence electrons. The fraction of sp³-hybridized carbons (Fsp3) is 0.700. The molecule has 0 aliphatic heterocycles. The molecule has 0 aliphatic rings. The molecule has 0 bridgehead atoms. The molecule has 1 heterocycles. The van der Waals surface area contributed by atoms with Gasteiger partial charge in [-0.1, -0.05) is 5.21 Å². The van der Waals surface area contributed by atoms with Crippen LogP contribution in [0.1, 0.15) is 10.5 Å². The maximum absolute atomic E-state index is 11.0. The summed E-state index contributed by atoms with van der Waals surface area (Å²) in [4.78, 5) is 11.0. The summed E-state index contributed by atoms with van der Waals surface area (Å²) >= 11 is 1.68. The van der Waals surface area contributed by atoms with Crippen molar-refractivity contribution in [3.8, 4) is 0 Å². The molecule has 1 rings (SSSR count). The zero-order chi connectivity index (χ0) is 13.2. The molecule has 0 fully saturated rings. The molecule has 0 atom stereocenters. The van der Waals surface area contributed by atoms with Gasteiger partial charge >= 0.3 is 0 Å². The largest absolute Gasteiger partial charge is 0.378 e. The predicted molar refractivity (Wildman–Crippen MR) is 73.9 cm³/mol. The number of nitrogens with one attached hydrogen (secondary N) is 1. The van der Waals surface area contributed by atoms with E-state index >= 15 is 0 Å². The van der Waals surface area contributed by atoms with Crippen LogP contribution in [0.15, 0.2) is 6.20 Å². The minimum atomic E-state index is -0.113. The second kappa shape index (κ2) is 9.36. The van der Waals surface area contributed by atoms with Crippen molar-refractivity contribution in [3.05, 3.63) is 11.9 Å². The Bertz CT molecular complexity index is 359. The average Bonchev–Trinajstić information content (AvgIpc) is 2.81. The third-order valence-corrected chi connectivity index (χ3v) is 2.63. The molecule has 18 heavy (non-hydrogen) atoms. The summed E-state index contributed by atoms with van der Waals surface area (Å²) in [5.41, 5.74) is 0.367. The fourth-order valence-electron chi connectivity index (χ4n) is 1.15. The van der Waals surface area contributed by atoms with Gasteiger partial charge in [0.05, 0.1) is 39.2 Å². The van der Waals surface area contributed by atoms with Crippen LogP contribution in [0.25, 0.3) is 0 Å². The first-order valence-corrected chi connectivity index (χ1v) is 6.72. The van der Waals surface area contributed by atoms with Crippen LogP contribution in [0.3, 0.4) is 0 Å². The number of halogens is 1. The van der Waals surface area contributed by atoms with Gasteiger partial charge in [-0.3, -0.25) is 4.79 Å². The summed E-state index contributed by atoms with van der Waals surface area (Å²) in [6, 6.07) is 0. The van der Waals surface area contributed by atoms with E-state index in [2.05, 4.69) is 15.6 Å². The van der Waals surface area contributed by atoms with E-state index in [4.69, 9.17) is 9.47 Å². The highest BCUT2D eigenvalue weighted by atomic mass is 127. The van der Waals surface area contributed by atoms with Crippen LogP contribution in [0.5, 0.6) is 0 Å². The number of carbonyl (C=O) groups is 1. The Hall–Kier alpha value is -0.580. The first-order valence-electron chi connectivity index (χ1n) is 5.64. The zero-order valence-corrected chi connectivity index (χ0v) is 12.4. The second-order valence-corrected chi connectivity index (χ2v) is 4.45. The number of likely N-dealkylation sites (N-methyl/N-ethyl adjacent to an activating group) is 1. The number of nitrogens with zero attached hydrogens (tertiary/aromatic N) is 3. The summed E-state index contributed by atoms with van der Waals surface area (Å²) < 4.78 is 12.1. The highest BCUT2D eigenvalue weighted by molar-refractivity contribution is 14.1. The number of hydrogen-bond acceptors (Lipinski definition) is 6. The molecule has 1 aromatic heterocycles. The van der Waals surface area contributed by atoms with E-state index in [9.17, 15) is 4.79 Å². The predicted octanol–water partition coefficient (Wildman–Crippen LogP) is 0.106. The molecule has 0 unspecified atom stereocenters. The maximum Gasteiger partial charge on any atom is 0.244 e. The van der Waals surface area contributed by atoms with Gasteiger partial charge in [-0.15, -0.1) is 5.10 Å². The zero-order valence-electron chi connectivity index (χ0n) is 10.3. The van der Waals surface area contributed by atoms with Gasteiger partial charge < -0.3 is 14.8 Å². The van der Waals surface area contributed by atoms with E-state index in [0.29, 0.717) is 38.7 Å². The molecule has 0 aromatic carbocycles. The van der Waals surface area contributed by atoms with E-state index in [-0.39, 0.29) is 3.79 Å². The van der Waals surface area contributed by atoms with Crippen molar-refractivity contribution < 1.29 is 14.3 Å². The van der Waals surface area contributed by atoms with Gasteiger partial charge in [0.1, 0.15) is 0 Å². The number of hydrogen-bond donors (Lipinski definition) is 1. The normalized spacial score (nSPS) is 10.8. The Kier molecular flexibility index (Phi) is 8.05. The van der Waals surface area contributed by atoms with Gasteiger partial charge in [0, 0.05) is 29.1 Å². The van der Waals surface area contributed by atoms with E-state index in [1.807, 2.05) is 7.05 Å². The minimum absolute atomic E-state index is 0.113. The Morgan fingerprint density at radius 2 is 2.11 bits per heavy atom. The van der Waals surface area contributed by atoms with Gasteiger partial charge in [0.2, 0.25) is 3.79 Å². The van der Waals surface area contributed by atoms with E-state index in [1.165, 1.54) is 0 Å². The van der Waals surface area contributed by atoms with Crippen molar-refractivity contribution >= 4 is 26.4 Å². The molecule has 0 amide bonds. The van der Waals surface area contributed by atoms with Gasteiger partial charge in [-0.2, -0.15) is 0 Å². The van der Waals surface area contributed by atoms with E-state index in [0.717, 1.165) is 6.54 Å². The molecule has 0 saturated carbocycles. The van der Waals surface area contributed by atoms with Crippen LogP contribution in [-0.4, -0.2) is 58.8 Å². The minimum Gasteiger partial charge on any atom is -0.378 e. The standard InChI is InChI=1S/C10H17IN4O3/c1-12-2-4-17-6-7-18-5-3-15-8-9(10(11)16)13-14-15/h8,12H,2-7H2,1H3. The van der Waals surface area contributed by atoms with E-state index in [1.54, 1.807) is 33.5 Å². The summed E-state index contributed by atoms with van der Waals surface area (Å²) in [5, 5.41) is 10.5. The van der Waals surface area contributed by atoms with Gasteiger partial charge in [0.15, 0.2) is 5.69 Å². The van der Waals surface area contributed by atoms with Gasteiger partial charge in [0.25, 0.3) is 0 Å². The molecular formula is C10H17IN4O3. The Labute approximate surface area is 119 Å². The van der Waals surface area contributed by atoms with Gasteiger partial charge in [-0.05, 0) is 7.05 Å². The van der Waals surface area contributed by atoms with Crippen LogP contribution in [0.4, 0.5) is 0 Å². The number of aromatic nitrogens is 3. The third-order valence-electron chi connectivity index (χ3n) is 2.07. The van der Waals surface area contributed by atoms with Gasteiger partial charge in [-0.25, -0.2) is 4.68 Å². The molecule has 0 spiro atoms. The molecule has 8 heteroatoms.